The molecule has 1 saturated heterocycles. The van der Waals surface area contributed by atoms with Gasteiger partial charge >= 0.3 is 6.61 Å². The fraction of sp³-hybridized carbons (Fsp3) is 0.292. The maximum absolute atomic E-state index is 13.2. The van der Waals surface area contributed by atoms with Crippen LogP contribution in [0.2, 0.25) is 5.02 Å². The molecule has 0 spiro atoms. The van der Waals surface area contributed by atoms with Crippen LogP contribution in [0.15, 0.2) is 49.1 Å². The van der Waals surface area contributed by atoms with Gasteiger partial charge in [0.15, 0.2) is 5.65 Å². The molecule has 4 aromatic rings. The van der Waals surface area contributed by atoms with E-state index in [0.717, 1.165) is 13.0 Å². The Labute approximate surface area is 220 Å². The maximum atomic E-state index is 13.2. The molecule has 11 nitrogen and oxygen atoms in total. The van der Waals surface area contributed by atoms with Crippen molar-refractivity contribution in [2.75, 3.05) is 31.5 Å². The van der Waals surface area contributed by atoms with Gasteiger partial charge in [0.25, 0.3) is 5.91 Å². The normalized spacial score (nSPS) is 14.1. The summed E-state index contributed by atoms with van der Waals surface area (Å²) in [6.07, 6.45) is 6.83. The highest BCUT2D eigenvalue weighted by Gasteiger charge is 2.23. The van der Waals surface area contributed by atoms with Gasteiger partial charge in [-0.3, -0.25) is 14.3 Å². The van der Waals surface area contributed by atoms with E-state index in [-0.39, 0.29) is 45.7 Å². The number of nitrogens with one attached hydrogen (secondary N) is 2. The van der Waals surface area contributed by atoms with E-state index in [4.69, 9.17) is 11.6 Å². The monoisotopic (exact) mass is 544 g/mol. The molecule has 0 saturated carbocycles. The van der Waals surface area contributed by atoms with Crippen LogP contribution in [0.25, 0.3) is 16.9 Å². The summed E-state index contributed by atoms with van der Waals surface area (Å²) in [7, 11) is 0. The Kier molecular flexibility index (Phi) is 7.47. The van der Waals surface area contributed by atoms with Crippen LogP contribution < -0.4 is 15.4 Å². The van der Waals surface area contributed by atoms with Crippen molar-refractivity contribution in [2.24, 2.45) is 0 Å². The van der Waals surface area contributed by atoms with Gasteiger partial charge in [-0.15, -0.1) is 0 Å². The van der Waals surface area contributed by atoms with E-state index in [1.807, 2.05) is 0 Å². The lowest BCUT2D eigenvalue weighted by Gasteiger charge is -2.19. The second-order valence-corrected chi connectivity index (χ2v) is 8.93. The second-order valence-electron chi connectivity index (χ2n) is 8.49. The zero-order valence-electron chi connectivity index (χ0n) is 20.0. The highest BCUT2D eigenvalue weighted by molar-refractivity contribution is 6.31. The number of amides is 2. The Morgan fingerprint density at radius 3 is 2.95 bits per heavy atom. The SMILES string of the molecule is O=C(Nc1cn(CC(=O)N2CCCNCC2)nc1-c1cc(Cl)ccc1OC(F)F)c1cnn2cccnc12. The van der Waals surface area contributed by atoms with E-state index in [2.05, 4.69) is 30.6 Å². The van der Waals surface area contributed by atoms with Crippen molar-refractivity contribution in [3.8, 4) is 17.0 Å². The highest BCUT2D eigenvalue weighted by Crippen LogP contribution is 2.37. The third kappa shape index (κ3) is 5.58. The molecule has 3 aromatic heterocycles. The Hall–Kier alpha value is -4.10. The number of rotatable bonds is 7. The van der Waals surface area contributed by atoms with Crippen molar-refractivity contribution >= 4 is 34.7 Å². The van der Waals surface area contributed by atoms with Crippen LogP contribution in [0.5, 0.6) is 5.75 Å². The number of carbonyl (C=O) groups is 2. The molecule has 2 amide bonds. The van der Waals surface area contributed by atoms with Gasteiger partial charge in [-0.1, -0.05) is 11.6 Å². The number of nitrogens with zero attached hydrogens (tertiary/aromatic N) is 6. The average Bonchev–Trinajstić information content (AvgIpc) is 3.38. The molecule has 0 aliphatic carbocycles. The number of fused-ring (bicyclic) bond motifs is 1. The second kappa shape index (κ2) is 11.1. The summed E-state index contributed by atoms with van der Waals surface area (Å²) in [6.45, 7) is -0.552. The number of hydrogen-bond donors (Lipinski definition) is 2. The smallest absolute Gasteiger partial charge is 0.387 e. The van der Waals surface area contributed by atoms with Gasteiger partial charge in [0.1, 0.15) is 23.6 Å². The summed E-state index contributed by atoms with van der Waals surface area (Å²) in [5, 5.41) is 14.8. The van der Waals surface area contributed by atoms with Crippen molar-refractivity contribution < 1.29 is 23.1 Å². The van der Waals surface area contributed by atoms with E-state index >= 15 is 0 Å². The standard InChI is InChI=1S/C24H23ClF2N8O3/c25-15-3-4-19(38-24(26)27)16(11-15)21-18(31-23(37)17-12-30-35-9-2-6-29-22(17)35)13-34(32-21)14-20(36)33-8-1-5-28-7-10-33/h2-4,6,9,11-13,24,28H,1,5,7-8,10,14H2,(H,31,37). The van der Waals surface area contributed by atoms with Crippen LogP contribution in [0.1, 0.15) is 16.8 Å². The van der Waals surface area contributed by atoms with Gasteiger partial charge in [-0.2, -0.15) is 19.0 Å². The molecule has 198 valence electrons. The first kappa shape index (κ1) is 25.5. The molecular formula is C24H23ClF2N8O3. The van der Waals surface area contributed by atoms with Crippen molar-refractivity contribution in [3.05, 3.63) is 59.6 Å². The maximum Gasteiger partial charge on any atom is 0.387 e. The minimum Gasteiger partial charge on any atom is -0.434 e. The Bertz CT molecular complexity index is 1470. The van der Waals surface area contributed by atoms with Crippen LogP contribution in [-0.2, 0) is 11.3 Å². The molecule has 0 atom stereocenters. The summed E-state index contributed by atoms with van der Waals surface area (Å²) in [5.74, 6) is -0.905. The first-order valence-corrected chi connectivity index (χ1v) is 12.2. The van der Waals surface area contributed by atoms with E-state index in [1.54, 1.807) is 17.2 Å². The summed E-state index contributed by atoms with van der Waals surface area (Å²) < 4.78 is 33.8. The summed E-state index contributed by atoms with van der Waals surface area (Å²) in [5.41, 5.74) is 0.903. The molecule has 38 heavy (non-hydrogen) atoms. The number of aromatic nitrogens is 5. The Balaban J connectivity index is 1.51. The Morgan fingerprint density at radius 1 is 1.24 bits per heavy atom. The average molecular weight is 545 g/mol. The number of alkyl halides is 2. The first-order valence-electron chi connectivity index (χ1n) is 11.8. The molecular weight excluding hydrogens is 522 g/mol. The molecule has 2 N–H and O–H groups in total. The number of hydrogen-bond acceptors (Lipinski definition) is 7. The lowest BCUT2D eigenvalue weighted by Crippen LogP contribution is -2.36. The summed E-state index contributed by atoms with van der Waals surface area (Å²) in [4.78, 5) is 32.1. The van der Waals surface area contributed by atoms with Crippen LogP contribution in [0.4, 0.5) is 14.5 Å². The third-order valence-electron chi connectivity index (χ3n) is 5.94. The first-order chi connectivity index (χ1) is 18.4. The molecule has 1 fully saturated rings. The number of ether oxygens (including phenoxy) is 1. The van der Waals surface area contributed by atoms with Gasteiger partial charge in [-0.05, 0) is 37.2 Å². The van der Waals surface area contributed by atoms with Crippen LogP contribution in [0, 0.1) is 0 Å². The number of benzene rings is 1. The van der Waals surface area contributed by atoms with Crippen LogP contribution in [0.3, 0.4) is 0 Å². The van der Waals surface area contributed by atoms with Gasteiger partial charge in [-0.25, -0.2) is 9.50 Å². The topological polar surface area (TPSA) is 119 Å². The molecule has 4 heterocycles. The summed E-state index contributed by atoms with van der Waals surface area (Å²) in [6, 6.07) is 5.77. The molecule has 5 rings (SSSR count). The number of anilines is 1. The van der Waals surface area contributed by atoms with E-state index in [1.165, 1.54) is 46.0 Å². The molecule has 14 heteroatoms. The van der Waals surface area contributed by atoms with Gasteiger partial charge in [0.2, 0.25) is 5.91 Å². The lowest BCUT2D eigenvalue weighted by atomic mass is 10.1. The third-order valence-corrected chi connectivity index (χ3v) is 6.17. The Morgan fingerprint density at radius 2 is 2.11 bits per heavy atom. The molecule has 0 radical (unpaired) electrons. The fourth-order valence-electron chi connectivity index (χ4n) is 4.19. The highest BCUT2D eigenvalue weighted by atomic mass is 35.5. The van der Waals surface area contributed by atoms with Crippen molar-refractivity contribution in [1.29, 1.82) is 0 Å². The largest absolute Gasteiger partial charge is 0.434 e. The molecule has 1 aliphatic heterocycles. The van der Waals surface area contributed by atoms with E-state index in [0.29, 0.717) is 25.3 Å². The van der Waals surface area contributed by atoms with E-state index in [9.17, 15) is 18.4 Å². The molecule has 0 bridgehead atoms. The zero-order chi connectivity index (χ0) is 26.6. The van der Waals surface area contributed by atoms with Crippen LogP contribution in [-0.4, -0.2) is 73.9 Å². The fourth-order valence-corrected chi connectivity index (χ4v) is 4.36. The number of carbonyl (C=O) groups excluding carboxylic acids is 2. The van der Waals surface area contributed by atoms with Crippen molar-refractivity contribution in [2.45, 2.75) is 19.6 Å². The predicted octanol–water partition coefficient (Wildman–Crippen LogP) is 2.92. The summed E-state index contributed by atoms with van der Waals surface area (Å²) >= 11 is 6.17. The number of halogens is 3. The van der Waals surface area contributed by atoms with Crippen molar-refractivity contribution in [3.63, 3.8) is 0 Å². The van der Waals surface area contributed by atoms with Gasteiger partial charge in [0, 0.05) is 48.8 Å². The minimum atomic E-state index is -3.10. The molecule has 1 aliphatic rings. The zero-order valence-corrected chi connectivity index (χ0v) is 20.7. The van der Waals surface area contributed by atoms with Gasteiger partial charge < -0.3 is 20.3 Å². The van der Waals surface area contributed by atoms with Crippen LogP contribution >= 0.6 is 11.6 Å². The molecule has 0 unspecified atom stereocenters. The lowest BCUT2D eigenvalue weighted by molar-refractivity contribution is -0.131. The van der Waals surface area contributed by atoms with Crippen molar-refractivity contribution in [1.82, 2.24) is 34.6 Å². The van der Waals surface area contributed by atoms with Gasteiger partial charge in [0.05, 0.1) is 11.9 Å². The quantitative estimate of drug-likeness (QED) is 0.367. The van der Waals surface area contributed by atoms with E-state index < -0.39 is 12.5 Å². The molecule has 1 aromatic carbocycles. The predicted molar refractivity (Wildman–Crippen MR) is 134 cm³/mol. The minimum absolute atomic E-state index is 0.103.